The molecule has 6 heteroatoms. The lowest BCUT2D eigenvalue weighted by atomic mass is 10.2. The van der Waals surface area contributed by atoms with Gasteiger partial charge >= 0.3 is 0 Å². The maximum atomic E-state index is 10.2. The average molecular weight is 375 g/mol. The van der Waals surface area contributed by atoms with Gasteiger partial charge in [0.1, 0.15) is 10.7 Å². The molecule has 1 unspecified atom stereocenters. The second-order valence-electron chi connectivity index (χ2n) is 6.23. The Labute approximate surface area is 156 Å². The third-order valence-electron chi connectivity index (χ3n) is 3.65. The molecule has 0 aliphatic carbocycles. The van der Waals surface area contributed by atoms with E-state index < -0.39 is 6.10 Å². The van der Waals surface area contributed by atoms with Gasteiger partial charge in [0.25, 0.3) is 0 Å². The van der Waals surface area contributed by atoms with E-state index in [2.05, 4.69) is 29.2 Å². The van der Waals surface area contributed by atoms with Gasteiger partial charge in [-0.2, -0.15) is 0 Å². The summed E-state index contributed by atoms with van der Waals surface area (Å²) in [6.45, 7) is 5.09. The Morgan fingerprint density at radius 1 is 1.08 bits per heavy atom. The van der Waals surface area contributed by atoms with Crippen LogP contribution in [0.15, 0.2) is 41.1 Å². The van der Waals surface area contributed by atoms with E-state index in [0.717, 1.165) is 27.0 Å². The minimum Gasteiger partial charge on any atom is -0.390 e. The Morgan fingerprint density at radius 2 is 1.88 bits per heavy atom. The highest BCUT2D eigenvalue weighted by Gasteiger charge is 2.13. The third kappa shape index (κ3) is 5.19. The van der Waals surface area contributed by atoms with Crippen molar-refractivity contribution in [3.63, 3.8) is 0 Å². The predicted octanol–water partition coefficient (Wildman–Crippen LogP) is 4.51. The number of nitrogens with zero attached hydrogens (tertiary/aromatic N) is 2. The molecule has 2 aromatic heterocycles. The van der Waals surface area contributed by atoms with Crippen LogP contribution >= 0.6 is 22.7 Å². The van der Waals surface area contributed by atoms with Crippen molar-refractivity contribution in [2.45, 2.75) is 38.9 Å². The van der Waals surface area contributed by atoms with Crippen LogP contribution < -0.4 is 0 Å². The summed E-state index contributed by atoms with van der Waals surface area (Å²) in [4.78, 5) is 9.24. The van der Waals surface area contributed by atoms with E-state index in [1.807, 2.05) is 35.7 Å². The van der Waals surface area contributed by atoms with Crippen molar-refractivity contribution in [3.8, 4) is 10.7 Å². The first-order valence-electron chi connectivity index (χ1n) is 8.31. The number of aliphatic hydroxyl groups excluding tert-OH is 1. The molecule has 0 aliphatic rings. The van der Waals surface area contributed by atoms with E-state index in [-0.39, 0.29) is 0 Å². The van der Waals surface area contributed by atoms with Gasteiger partial charge in [-0.25, -0.2) is 9.97 Å². The van der Waals surface area contributed by atoms with Gasteiger partial charge in [-0.3, -0.25) is 0 Å². The van der Waals surface area contributed by atoms with Crippen LogP contribution in [0.1, 0.15) is 36.0 Å². The SMILES string of the molecule is CC(C)c1nc(-c2nc(CC(O)COCc3ccccc3)cs2)cs1. The van der Waals surface area contributed by atoms with Crippen molar-refractivity contribution in [3.05, 3.63) is 57.4 Å². The van der Waals surface area contributed by atoms with Gasteiger partial charge in [0.2, 0.25) is 0 Å². The number of hydrogen-bond donors (Lipinski definition) is 1. The monoisotopic (exact) mass is 374 g/mol. The van der Waals surface area contributed by atoms with E-state index in [9.17, 15) is 5.11 Å². The molecule has 0 saturated heterocycles. The Balaban J connectivity index is 1.50. The highest BCUT2D eigenvalue weighted by Crippen LogP contribution is 2.28. The average Bonchev–Trinajstić information content (AvgIpc) is 3.25. The fourth-order valence-corrected chi connectivity index (χ4v) is 4.04. The zero-order chi connectivity index (χ0) is 17.6. The number of hydrogen-bond acceptors (Lipinski definition) is 6. The quantitative estimate of drug-likeness (QED) is 0.630. The highest BCUT2D eigenvalue weighted by atomic mass is 32.1. The van der Waals surface area contributed by atoms with E-state index in [0.29, 0.717) is 25.6 Å². The fourth-order valence-electron chi connectivity index (χ4n) is 2.36. The van der Waals surface area contributed by atoms with E-state index in [1.165, 1.54) is 0 Å². The molecule has 0 aliphatic heterocycles. The molecule has 3 aromatic rings. The molecule has 25 heavy (non-hydrogen) atoms. The summed E-state index contributed by atoms with van der Waals surface area (Å²) >= 11 is 3.24. The maximum absolute atomic E-state index is 10.2. The first kappa shape index (κ1) is 18.2. The number of benzene rings is 1. The number of thiazole rings is 2. The van der Waals surface area contributed by atoms with Gasteiger partial charge in [0, 0.05) is 23.1 Å². The van der Waals surface area contributed by atoms with Gasteiger partial charge in [-0.05, 0) is 5.56 Å². The van der Waals surface area contributed by atoms with Gasteiger partial charge in [-0.15, -0.1) is 22.7 Å². The topological polar surface area (TPSA) is 55.2 Å². The first-order valence-corrected chi connectivity index (χ1v) is 10.1. The second kappa shape index (κ2) is 8.67. The summed E-state index contributed by atoms with van der Waals surface area (Å²) in [6.07, 6.45) is -0.0627. The zero-order valence-corrected chi connectivity index (χ0v) is 16.0. The lowest BCUT2D eigenvalue weighted by Crippen LogP contribution is -2.18. The lowest BCUT2D eigenvalue weighted by Gasteiger charge is -2.10. The molecule has 1 aromatic carbocycles. The summed E-state index contributed by atoms with van der Waals surface area (Å²) in [5, 5.41) is 16.2. The molecule has 0 bridgehead atoms. The normalized spacial score (nSPS) is 12.6. The molecule has 0 radical (unpaired) electrons. The van der Waals surface area contributed by atoms with Crippen LogP contribution in [0, 0.1) is 0 Å². The Hall–Kier alpha value is -1.60. The molecule has 1 N–H and O–H groups in total. The largest absolute Gasteiger partial charge is 0.390 e. The molecule has 4 nitrogen and oxygen atoms in total. The first-order chi connectivity index (χ1) is 12.1. The van der Waals surface area contributed by atoms with E-state index in [4.69, 9.17) is 4.74 Å². The molecular formula is C19H22N2O2S2. The van der Waals surface area contributed by atoms with E-state index in [1.54, 1.807) is 22.7 Å². The number of ether oxygens (including phenoxy) is 1. The van der Waals surface area contributed by atoms with Crippen molar-refractivity contribution in [2.24, 2.45) is 0 Å². The maximum Gasteiger partial charge on any atom is 0.142 e. The molecule has 0 saturated carbocycles. The predicted molar refractivity (Wildman–Crippen MR) is 103 cm³/mol. The minimum absolute atomic E-state index is 0.302. The summed E-state index contributed by atoms with van der Waals surface area (Å²) in [5.41, 5.74) is 2.92. The molecule has 0 spiro atoms. The van der Waals surface area contributed by atoms with Crippen LogP contribution in [0.3, 0.4) is 0 Å². The standard InChI is InChI=1S/C19H22N2O2S2/c1-13(2)18-21-17(12-25-18)19-20-15(11-24-19)8-16(22)10-23-9-14-6-4-3-5-7-14/h3-7,11-13,16,22H,8-10H2,1-2H3. The number of aliphatic hydroxyl groups is 1. The Kier molecular flexibility index (Phi) is 6.31. The molecular weight excluding hydrogens is 352 g/mol. The molecule has 0 fully saturated rings. The summed E-state index contributed by atoms with van der Waals surface area (Å²) in [6, 6.07) is 9.96. The van der Waals surface area contributed by atoms with Crippen molar-refractivity contribution < 1.29 is 9.84 Å². The third-order valence-corrected chi connectivity index (χ3v) is 5.71. The summed E-state index contributed by atoms with van der Waals surface area (Å²) in [7, 11) is 0. The van der Waals surface area contributed by atoms with Gasteiger partial charge in [0.05, 0.1) is 30.0 Å². The lowest BCUT2D eigenvalue weighted by molar-refractivity contribution is 0.0285. The summed E-state index contributed by atoms with van der Waals surface area (Å²) < 4.78 is 5.59. The van der Waals surface area contributed by atoms with Gasteiger partial charge in [-0.1, -0.05) is 44.2 Å². The number of rotatable bonds is 8. The molecule has 0 amide bonds. The summed E-state index contributed by atoms with van der Waals surface area (Å²) in [5.74, 6) is 0.432. The van der Waals surface area contributed by atoms with Crippen molar-refractivity contribution in [2.75, 3.05) is 6.61 Å². The van der Waals surface area contributed by atoms with Crippen LogP contribution in [0.25, 0.3) is 10.7 Å². The molecule has 2 heterocycles. The van der Waals surface area contributed by atoms with Crippen molar-refractivity contribution in [1.82, 2.24) is 9.97 Å². The fraction of sp³-hybridized carbons (Fsp3) is 0.368. The van der Waals surface area contributed by atoms with Crippen LogP contribution in [0.4, 0.5) is 0 Å². The van der Waals surface area contributed by atoms with Crippen LogP contribution in [-0.2, 0) is 17.8 Å². The van der Waals surface area contributed by atoms with Crippen molar-refractivity contribution >= 4 is 22.7 Å². The van der Waals surface area contributed by atoms with E-state index >= 15 is 0 Å². The smallest absolute Gasteiger partial charge is 0.142 e. The second-order valence-corrected chi connectivity index (χ2v) is 7.98. The Morgan fingerprint density at radius 3 is 2.60 bits per heavy atom. The molecule has 132 valence electrons. The Bertz CT molecular complexity index is 784. The van der Waals surface area contributed by atoms with Gasteiger partial charge in [0.15, 0.2) is 0 Å². The highest BCUT2D eigenvalue weighted by molar-refractivity contribution is 7.14. The van der Waals surface area contributed by atoms with Crippen LogP contribution in [-0.4, -0.2) is 27.8 Å². The van der Waals surface area contributed by atoms with Crippen molar-refractivity contribution in [1.29, 1.82) is 0 Å². The zero-order valence-electron chi connectivity index (χ0n) is 14.4. The molecule has 1 atom stereocenters. The van der Waals surface area contributed by atoms with Gasteiger partial charge < -0.3 is 9.84 Å². The van der Waals surface area contributed by atoms with Crippen LogP contribution in [0.2, 0.25) is 0 Å². The molecule has 3 rings (SSSR count). The van der Waals surface area contributed by atoms with Crippen LogP contribution in [0.5, 0.6) is 0 Å². The minimum atomic E-state index is -0.555. The number of aromatic nitrogens is 2.